The second kappa shape index (κ2) is 6.13. The van der Waals surface area contributed by atoms with E-state index in [-0.39, 0.29) is 12.4 Å². The molecule has 1 amide bonds. The van der Waals surface area contributed by atoms with Crippen molar-refractivity contribution in [3.05, 3.63) is 12.5 Å². The smallest absolute Gasteiger partial charge is 0.266 e. The Balaban J connectivity index is 2.60. The van der Waals surface area contributed by atoms with E-state index in [0.29, 0.717) is 17.9 Å². The molecule has 7 nitrogen and oxygen atoms in total. The zero-order chi connectivity index (χ0) is 13.8. The second-order valence-electron chi connectivity index (χ2n) is 4.50. The third-order valence-corrected chi connectivity index (χ3v) is 3.38. The van der Waals surface area contributed by atoms with Crippen LogP contribution in [0.3, 0.4) is 0 Å². The summed E-state index contributed by atoms with van der Waals surface area (Å²) >= 11 is 0. The van der Waals surface area contributed by atoms with E-state index in [4.69, 9.17) is 0 Å². The van der Waals surface area contributed by atoms with E-state index in [1.807, 2.05) is 6.92 Å². The highest BCUT2D eigenvalue weighted by Gasteiger charge is 2.20. The predicted octanol–water partition coefficient (Wildman–Crippen LogP) is 1.03. The molecule has 8 heteroatoms. The van der Waals surface area contributed by atoms with Crippen LogP contribution in [0.4, 0.5) is 5.82 Å². The normalized spacial score (nSPS) is 11.8. The first-order chi connectivity index (χ1) is 8.33. The Morgan fingerprint density at radius 2 is 2.22 bits per heavy atom. The Morgan fingerprint density at radius 1 is 1.56 bits per heavy atom. The van der Waals surface area contributed by atoms with E-state index in [1.54, 1.807) is 18.2 Å². The number of carbonyl (C=O) groups excluding carboxylic acids is 1. The molecule has 0 unspecified atom stereocenters. The number of nitrogens with one attached hydrogen (secondary N) is 1. The molecule has 1 heterocycles. The minimum Gasteiger partial charge on any atom is -0.329 e. The van der Waals surface area contributed by atoms with Crippen molar-refractivity contribution in [2.75, 3.05) is 37.8 Å². The van der Waals surface area contributed by atoms with Crippen molar-refractivity contribution in [2.45, 2.75) is 6.92 Å². The second-order valence-corrected chi connectivity index (χ2v) is 7.93. The van der Waals surface area contributed by atoms with Crippen LogP contribution in [0.25, 0.3) is 0 Å². The summed E-state index contributed by atoms with van der Waals surface area (Å²) < 4.78 is 11.7. The number of amides is 1. The average Bonchev–Trinajstić information content (AvgIpc) is 2.78. The fourth-order valence-electron chi connectivity index (χ4n) is 1.50. The molecule has 102 valence electrons. The molecular formula is C10H19N4O3P. The number of hydroxylamine groups is 1. The fraction of sp³-hybridized carbons (Fsp3) is 0.600. The average molecular weight is 274 g/mol. The van der Waals surface area contributed by atoms with Gasteiger partial charge in [0.15, 0.2) is 5.82 Å². The van der Waals surface area contributed by atoms with Crippen LogP contribution >= 0.6 is 7.14 Å². The number of hydrogen-bond acceptors (Lipinski definition) is 5. The minimum absolute atomic E-state index is 0.0116. The molecule has 0 radical (unpaired) electrons. The van der Waals surface area contributed by atoms with Gasteiger partial charge in [0.2, 0.25) is 0 Å². The first-order valence-corrected chi connectivity index (χ1v) is 8.38. The van der Waals surface area contributed by atoms with E-state index in [2.05, 4.69) is 9.97 Å². The first kappa shape index (κ1) is 14.9. The highest BCUT2D eigenvalue weighted by molar-refractivity contribution is 7.62. The quantitative estimate of drug-likeness (QED) is 0.459. The lowest BCUT2D eigenvalue weighted by molar-refractivity contribution is -0.124. The Hall–Kier alpha value is -1.17. The molecule has 2 N–H and O–H groups in total. The number of anilines is 1. The molecule has 0 spiro atoms. The van der Waals surface area contributed by atoms with Gasteiger partial charge in [-0.05, 0) is 19.9 Å². The largest absolute Gasteiger partial charge is 0.329 e. The highest BCUT2D eigenvalue weighted by atomic mass is 31.2. The van der Waals surface area contributed by atoms with Gasteiger partial charge in [-0.15, -0.1) is 0 Å². The third-order valence-electron chi connectivity index (χ3n) is 2.29. The number of aromatic amines is 1. The van der Waals surface area contributed by atoms with E-state index in [9.17, 15) is 14.6 Å². The van der Waals surface area contributed by atoms with Gasteiger partial charge in [-0.1, -0.05) is 6.92 Å². The zero-order valence-corrected chi connectivity index (χ0v) is 11.7. The van der Waals surface area contributed by atoms with Gasteiger partial charge in [-0.3, -0.25) is 14.9 Å². The number of rotatable bonds is 6. The van der Waals surface area contributed by atoms with Gasteiger partial charge in [0, 0.05) is 0 Å². The van der Waals surface area contributed by atoms with Crippen LogP contribution in [0.5, 0.6) is 0 Å². The number of imidazole rings is 1. The van der Waals surface area contributed by atoms with Crippen LogP contribution < -0.4 is 5.06 Å². The maximum Gasteiger partial charge on any atom is 0.266 e. The minimum atomic E-state index is -2.23. The van der Waals surface area contributed by atoms with Crippen molar-refractivity contribution >= 4 is 18.9 Å². The maximum absolute atomic E-state index is 11.8. The molecule has 0 bridgehead atoms. The lowest BCUT2D eigenvalue weighted by atomic mass is 10.5. The van der Waals surface area contributed by atoms with Crippen LogP contribution in [-0.2, 0) is 9.36 Å². The fourth-order valence-corrected chi connectivity index (χ4v) is 2.76. The first-order valence-electron chi connectivity index (χ1n) is 5.60. The van der Waals surface area contributed by atoms with Crippen molar-refractivity contribution in [1.29, 1.82) is 0 Å². The summed E-state index contributed by atoms with van der Waals surface area (Å²) in [6.07, 6.45) is 3.07. The summed E-state index contributed by atoms with van der Waals surface area (Å²) in [7, 11) is -2.23. The molecule has 0 atom stereocenters. The molecule has 0 fully saturated rings. The zero-order valence-electron chi connectivity index (χ0n) is 10.8. The van der Waals surface area contributed by atoms with Crippen LogP contribution in [-0.4, -0.2) is 58.7 Å². The Labute approximate surface area is 106 Å². The van der Waals surface area contributed by atoms with Gasteiger partial charge in [0.05, 0.1) is 32.5 Å². The van der Waals surface area contributed by atoms with E-state index >= 15 is 0 Å². The number of nitrogens with zero attached hydrogens (tertiary/aromatic N) is 3. The van der Waals surface area contributed by atoms with E-state index in [0.717, 1.165) is 0 Å². The van der Waals surface area contributed by atoms with Gasteiger partial charge in [-0.2, -0.15) is 5.06 Å². The molecule has 1 aromatic heterocycles. The molecule has 0 saturated carbocycles. The number of H-pyrrole nitrogens is 1. The van der Waals surface area contributed by atoms with Gasteiger partial charge in [-0.25, -0.2) is 4.98 Å². The summed E-state index contributed by atoms with van der Waals surface area (Å²) in [6.45, 7) is 5.82. The van der Waals surface area contributed by atoms with Crippen LogP contribution in [0.15, 0.2) is 12.5 Å². The predicted molar refractivity (Wildman–Crippen MR) is 69.4 cm³/mol. The van der Waals surface area contributed by atoms with Crippen LogP contribution in [0, 0.1) is 0 Å². The van der Waals surface area contributed by atoms with Crippen molar-refractivity contribution in [1.82, 2.24) is 14.9 Å². The summed E-state index contributed by atoms with van der Waals surface area (Å²) in [5, 5.41) is 10.2. The Bertz CT molecular complexity index is 428. The van der Waals surface area contributed by atoms with Crippen LogP contribution in [0.2, 0.25) is 0 Å². The van der Waals surface area contributed by atoms with Gasteiger partial charge < -0.3 is 9.55 Å². The molecular weight excluding hydrogens is 255 g/mol. The molecule has 18 heavy (non-hydrogen) atoms. The van der Waals surface area contributed by atoms with Crippen molar-refractivity contribution in [2.24, 2.45) is 0 Å². The van der Waals surface area contributed by atoms with Gasteiger partial charge in [0.1, 0.15) is 0 Å². The van der Waals surface area contributed by atoms with E-state index in [1.165, 1.54) is 12.5 Å². The molecule has 0 aromatic carbocycles. The topological polar surface area (TPSA) is 89.5 Å². The summed E-state index contributed by atoms with van der Waals surface area (Å²) in [5.41, 5.74) is 0. The maximum atomic E-state index is 11.8. The molecule has 1 rings (SSSR count). The molecule has 0 aliphatic rings. The van der Waals surface area contributed by atoms with Gasteiger partial charge in [0.25, 0.3) is 5.91 Å². The van der Waals surface area contributed by atoms with Crippen molar-refractivity contribution in [3.63, 3.8) is 0 Å². The van der Waals surface area contributed by atoms with Crippen LogP contribution in [0.1, 0.15) is 6.92 Å². The molecule has 0 aliphatic carbocycles. The molecule has 1 aromatic rings. The summed E-state index contributed by atoms with van der Waals surface area (Å²) in [6, 6.07) is 0. The number of carbonyl (C=O) groups is 1. The summed E-state index contributed by atoms with van der Waals surface area (Å²) in [5.74, 6) is -0.276. The number of aromatic nitrogens is 2. The summed E-state index contributed by atoms with van der Waals surface area (Å²) in [4.78, 5) is 19.9. The lowest BCUT2D eigenvalue weighted by Gasteiger charge is -2.23. The SMILES string of the molecule is CCN(CC(=O)N(O)c1cnc[nH]1)CP(C)(C)=O. The Morgan fingerprint density at radius 3 is 2.67 bits per heavy atom. The highest BCUT2D eigenvalue weighted by Crippen LogP contribution is 2.36. The van der Waals surface area contributed by atoms with Crippen molar-refractivity contribution in [3.8, 4) is 0 Å². The van der Waals surface area contributed by atoms with Gasteiger partial charge >= 0.3 is 0 Å². The van der Waals surface area contributed by atoms with Crippen molar-refractivity contribution < 1.29 is 14.6 Å². The Kier molecular flexibility index (Phi) is 5.07. The van der Waals surface area contributed by atoms with E-state index < -0.39 is 13.0 Å². The number of likely N-dealkylation sites (N-methyl/N-ethyl adjacent to an activating group) is 1. The molecule has 0 saturated heterocycles. The monoisotopic (exact) mass is 274 g/mol. The lowest BCUT2D eigenvalue weighted by Crippen LogP contribution is -2.39. The number of hydrogen-bond donors (Lipinski definition) is 2. The standard InChI is InChI=1S/C10H19N4O3P/c1-4-13(8-18(2,3)17)6-10(15)14(16)9-5-11-7-12-9/h5,7,16H,4,6,8H2,1-3H3,(H,11,12). The third kappa shape index (κ3) is 4.60. The molecule has 0 aliphatic heterocycles.